The van der Waals surface area contributed by atoms with Crippen LogP contribution < -0.4 is 10.1 Å². The normalized spacial score (nSPS) is 10.1. The number of carbonyl (C=O) groups excluding carboxylic acids is 1. The number of anilines is 1. The number of benzene rings is 2. The van der Waals surface area contributed by atoms with Crippen LogP contribution in [0.3, 0.4) is 0 Å². The fourth-order valence-electron chi connectivity index (χ4n) is 2.32. The third kappa shape index (κ3) is 4.08. The SMILES string of the molecule is Cn1cc(Br)cc1C(=O)Nc1cccc(Oc2ccc(C#N)cc2)c1. The number of nitrogens with one attached hydrogen (secondary N) is 1. The van der Waals surface area contributed by atoms with E-state index in [1.54, 1.807) is 59.2 Å². The summed E-state index contributed by atoms with van der Waals surface area (Å²) in [6.07, 6.45) is 1.82. The van der Waals surface area contributed by atoms with Crippen molar-refractivity contribution in [2.24, 2.45) is 7.05 Å². The maximum absolute atomic E-state index is 12.4. The Morgan fingerprint density at radius 3 is 2.56 bits per heavy atom. The van der Waals surface area contributed by atoms with Crippen LogP contribution in [-0.4, -0.2) is 10.5 Å². The highest BCUT2D eigenvalue weighted by atomic mass is 79.9. The van der Waals surface area contributed by atoms with Crippen LogP contribution in [0.15, 0.2) is 65.3 Å². The van der Waals surface area contributed by atoms with Gasteiger partial charge in [-0.3, -0.25) is 4.79 Å². The summed E-state index contributed by atoms with van der Waals surface area (Å²) in [5.41, 5.74) is 1.75. The first-order valence-corrected chi connectivity index (χ1v) is 8.26. The first-order chi connectivity index (χ1) is 12.0. The van der Waals surface area contributed by atoms with Gasteiger partial charge in [-0.05, 0) is 58.4 Å². The second kappa shape index (κ2) is 7.24. The summed E-state index contributed by atoms with van der Waals surface area (Å²) in [5.74, 6) is 1.01. The summed E-state index contributed by atoms with van der Waals surface area (Å²) in [5, 5.41) is 11.7. The summed E-state index contributed by atoms with van der Waals surface area (Å²) in [6, 6.07) is 17.8. The number of aryl methyl sites for hydroxylation is 1. The molecule has 1 heterocycles. The molecule has 3 rings (SSSR count). The molecule has 1 N–H and O–H groups in total. The molecule has 0 radical (unpaired) electrons. The molecule has 0 bridgehead atoms. The van der Waals surface area contributed by atoms with Crippen LogP contribution in [0.2, 0.25) is 0 Å². The van der Waals surface area contributed by atoms with Crippen molar-refractivity contribution in [3.05, 3.63) is 76.5 Å². The average Bonchev–Trinajstić information content (AvgIpc) is 2.94. The monoisotopic (exact) mass is 395 g/mol. The lowest BCUT2D eigenvalue weighted by Crippen LogP contribution is -2.15. The van der Waals surface area contributed by atoms with Crippen molar-refractivity contribution >= 4 is 27.5 Å². The van der Waals surface area contributed by atoms with E-state index < -0.39 is 0 Å². The van der Waals surface area contributed by atoms with Crippen molar-refractivity contribution in [3.63, 3.8) is 0 Å². The maximum atomic E-state index is 12.4. The summed E-state index contributed by atoms with van der Waals surface area (Å²) < 4.78 is 8.35. The molecule has 0 saturated heterocycles. The number of amides is 1. The molecule has 5 nitrogen and oxygen atoms in total. The molecule has 0 spiro atoms. The Hall–Kier alpha value is -3.04. The maximum Gasteiger partial charge on any atom is 0.272 e. The molecule has 1 amide bonds. The lowest BCUT2D eigenvalue weighted by atomic mass is 10.2. The van der Waals surface area contributed by atoms with Gasteiger partial charge < -0.3 is 14.6 Å². The zero-order chi connectivity index (χ0) is 17.8. The summed E-state index contributed by atoms with van der Waals surface area (Å²) >= 11 is 3.35. The molecule has 0 atom stereocenters. The molecule has 0 aliphatic carbocycles. The average molecular weight is 396 g/mol. The van der Waals surface area contributed by atoms with E-state index in [0.717, 1.165) is 4.47 Å². The minimum absolute atomic E-state index is 0.205. The van der Waals surface area contributed by atoms with Gasteiger partial charge in [0.05, 0.1) is 11.6 Å². The third-order valence-electron chi connectivity index (χ3n) is 3.52. The van der Waals surface area contributed by atoms with Crippen molar-refractivity contribution in [1.29, 1.82) is 5.26 Å². The summed E-state index contributed by atoms with van der Waals surface area (Å²) in [4.78, 5) is 12.4. The van der Waals surface area contributed by atoms with E-state index in [2.05, 4.69) is 27.3 Å². The Labute approximate surface area is 153 Å². The van der Waals surface area contributed by atoms with E-state index in [4.69, 9.17) is 10.00 Å². The molecule has 0 fully saturated rings. The Bertz CT molecular complexity index is 956. The van der Waals surface area contributed by atoms with Gasteiger partial charge >= 0.3 is 0 Å². The fraction of sp³-hybridized carbons (Fsp3) is 0.0526. The molecule has 3 aromatic rings. The zero-order valence-electron chi connectivity index (χ0n) is 13.4. The molecule has 0 aliphatic rings. The van der Waals surface area contributed by atoms with Crippen molar-refractivity contribution in [3.8, 4) is 17.6 Å². The van der Waals surface area contributed by atoms with Gasteiger partial charge in [-0.25, -0.2) is 0 Å². The highest BCUT2D eigenvalue weighted by molar-refractivity contribution is 9.10. The first kappa shape index (κ1) is 16.8. The third-order valence-corrected chi connectivity index (χ3v) is 3.95. The van der Waals surface area contributed by atoms with E-state index in [0.29, 0.717) is 28.4 Å². The van der Waals surface area contributed by atoms with Gasteiger partial charge in [-0.1, -0.05) is 6.07 Å². The predicted molar refractivity (Wildman–Crippen MR) is 98.7 cm³/mol. The molecule has 2 aromatic carbocycles. The van der Waals surface area contributed by atoms with Crippen LogP contribution in [0.1, 0.15) is 16.1 Å². The van der Waals surface area contributed by atoms with Crippen molar-refractivity contribution in [1.82, 2.24) is 4.57 Å². The Morgan fingerprint density at radius 2 is 1.92 bits per heavy atom. The fourth-order valence-corrected chi connectivity index (χ4v) is 2.84. The number of halogens is 1. The van der Waals surface area contributed by atoms with E-state index >= 15 is 0 Å². The number of carbonyl (C=O) groups is 1. The molecular weight excluding hydrogens is 382 g/mol. The molecule has 0 aliphatic heterocycles. The Morgan fingerprint density at radius 1 is 1.16 bits per heavy atom. The van der Waals surface area contributed by atoms with Crippen LogP contribution in [-0.2, 0) is 7.05 Å². The van der Waals surface area contributed by atoms with Gasteiger partial charge in [0.25, 0.3) is 5.91 Å². The van der Waals surface area contributed by atoms with Crippen LogP contribution in [0.4, 0.5) is 5.69 Å². The van der Waals surface area contributed by atoms with E-state index in [1.807, 2.05) is 13.2 Å². The van der Waals surface area contributed by atoms with E-state index in [9.17, 15) is 4.79 Å². The lowest BCUT2D eigenvalue weighted by molar-refractivity contribution is 0.101. The van der Waals surface area contributed by atoms with Gasteiger partial charge in [0.2, 0.25) is 0 Å². The van der Waals surface area contributed by atoms with Gasteiger partial charge in [0.15, 0.2) is 0 Å². The quantitative estimate of drug-likeness (QED) is 0.695. The standard InChI is InChI=1S/C19H14BrN3O2/c1-23-12-14(20)9-18(23)19(24)22-15-3-2-4-17(10-15)25-16-7-5-13(11-21)6-8-16/h2-10,12H,1H3,(H,22,24). The molecule has 25 heavy (non-hydrogen) atoms. The second-order valence-electron chi connectivity index (χ2n) is 5.37. The smallest absolute Gasteiger partial charge is 0.272 e. The first-order valence-electron chi connectivity index (χ1n) is 7.46. The second-order valence-corrected chi connectivity index (χ2v) is 6.29. The highest BCUT2D eigenvalue weighted by Gasteiger charge is 2.11. The number of ether oxygens (including phenoxy) is 1. The van der Waals surface area contributed by atoms with Crippen molar-refractivity contribution < 1.29 is 9.53 Å². The minimum Gasteiger partial charge on any atom is -0.457 e. The zero-order valence-corrected chi connectivity index (χ0v) is 14.9. The lowest BCUT2D eigenvalue weighted by Gasteiger charge is -2.09. The molecule has 124 valence electrons. The highest BCUT2D eigenvalue weighted by Crippen LogP contribution is 2.25. The molecular formula is C19H14BrN3O2. The molecule has 6 heteroatoms. The summed E-state index contributed by atoms with van der Waals surface area (Å²) in [6.45, 7) is 0. The number of nitrogens with zero attached hydrogens (tertiary/aromatic N) is 2. The Balaban J connectivity index is 1.73. The van der Waals surface area contributed by atoms with Gasteiger partial charge in [0, 0.05) is 29.5 Å². The van der Waals surface area contributed by atoms with E-state index in [1.165, 1.54) is 0 Å². The molecule has 1 aromatic heterocycles. The number of hydrogen-bond acceptors (Lipinski definition) is 3. The number of nitriles is 1. The molecule has 0 saturated carbocycles. The largest absolute Gasteiger partial charge is 0.457 e. The predicted octanol–water partition coefficient (Wildman–Crippen LogP) is 4.70. The van der Waals surface area contributed by atoms with Gasteiger partial charge in [-0.2, -0.15) is 5.26 Å². The van der Waals surface area contributed by atoms with Crippen molar-refractivity contribution in [2.45, 2.75) is 0 Å². The number of aromatic nitrogens is 1. The van der Waals surface area contributed by atoms with Crippen LogP contribution in [0.25, 0.3) is 0 Å². The van der Waals surface area contributed by atoms with Crippen LogP contribution >= 0.6 is 15.9 Å². The Kier molecular flexibility index (Phi) is 4.87. The van der Waals surface area contributed by atoms with E-state index in [-0.39, 0.29) is 5.91 Å². The molecule has 0 unspecified atom stereocenters. The van der Waals surface area contributed by atoms with Gasteiger partial charge in [0.1, 0.15) is 17.2 Å². The minimum atomic E-state index is -0.205. The van der Waals surface area contributed by atoms with Gasteiger partial charge in [-0.15, -0.1) is 0 Å². The van der Waals surface area contributed by atoms with Crippen LogP contribution in [0, 0.1) is 11.3 Å². The number of hydrogen-bond donors (Lipinski definition) is 1. The topological polar surface area (TPSA) is 67.1 Å². The van der Waals surface area contributed by atoms with Crippen molar-refractivity contribution in [2.75, 3.05) is 5.32 Å². The summed E-state index contributed by atoms with van der Waals surface area (Å²) in [7, 11) is 1.81. The van der Waals surface area contributed by atoms with Crippen LogP contribution in [0.5, 0.6) is 11.5 Å². The number of rotatable bonds is 4.